The highest BCUT2D eigenvalue weighted by Crippen LogP contribution is 2.24. The number of nitrogens with zero attached hydrogens (tertiary/aromatic N) is 2. The van der Waals surface area contributed by atoms with E-state index in [-0.39, 0.29) is 0 Å². The molecule has 0 aliphatic heterocycles. The highest BCUT2D eigenvalue weighted by atomic mass is 35.5. The Balaban J connectivity index is 1.83. The van der Waals surface area contributed by atoms with Crippen molar-refractivity contribution in [3.8, 4) is 0 Å². The van der Waals surface area contributed by atoms with E-state index in [0.717, 1.165) is 22.2 Å². The molecule has 0 unspecified atom stereocenters. The molecule has 0 saturated carbocycles. The second kappa shape index (κ2) is 6.12. The summed E-state index contributed by atoms with van der Waals surface area (Å²) in [4.78, 5) is 4.29. The lowest BCUT2D eigenvalue weighted by atomic mass is 10.2. The van der Waals surface area contributed by atoms with E-state index in [2.05, 4.69) is 15.5 Å². The van der Waals surface area contributed by atoms with Gasteiger partial charge in [-0.3, -0.25) is 10.4 Å². The van der Waals surface area contributed by atoms with E-state index in [1.54, 1.807) is 12.4 Å². The monoisotopic (exact) mass is 315 g/mol. The zero-order valence-corrected chi connectivity index (χ0v) is 12.4. The smallest absolute Gasteiger partial charge is 0.0738 e. The maximum Gasteiger partial charge on any atom is 0.0738 e. The zero-order chi connectivity index (χ0) is 14.7. The quantitative estimate of drug-likeness (QED) is 0.546. The molecule has 1 heterocycles. The number of aromatic nitrogens is 1. The van der Waals surface area contributed by atoms with Crippen molar-refractivity contribution in [3.63, 3.8) is 0 Å². The van der Waals surface area contributed by atoms with Crippen molar-refractivity contribution >= 4 is 46.0 Å². The average Bonchev–Trinajstić information content (AvgIpc) is 2.49. The first kappa shape index (κ1) is 13.9. The van der Waals surface area contributed by atoms with Crippen LogP contribution >= 0.6 is 23.2 Å². The minimum Gasteiger partial charge on any atom is -0.278 e. The maximum atomic E-state index is 5.97. The van der Waals surface area contributed by atoms with Gasteiger partial charge in [0.2, 0.25) is 0 Å². The minimum atomic E-state index is 0.664. The third-order valence-electron chi connectivity index (χ3n) is 2.97. The van der Waals surface area contributed by atoms with Crippen molar-refractivity contribution in [2.45, 2.75) is 0 Å². The van der Waals surface area contributed by atoms with Gasteiger partial charge >= 0.3 is 0 Å². The Morgan fingerprint density at radius 2 is 1.71 bits per heavy atom. The lowest BCUT2D eigenvalue weighted by Gasteiger charge is -2.05. The van der Waals surface area contributed by atoms with Gasteiger partial charge in [0.15, 0.2) is 0 Å². The molecule has 0 fully saturated rings. The van der Waals surface area contributed by atoms with Crippen molar-refractivity contribution in [3.05, 3.63) is 70.3 Å². The van der Waals surface area contributed by atoms with Gasteiger partial charge in [0.1, 0.15) is 0 Å². The Morgan fingerprint density at radius 1 is 0.952 bits per heavy atom. The van der Waals surface area contributed by atoms with E-state index >= 15 is 0 Å². The summed E-state index contributed by atoms with van der Waals surface area (Å²) in [6, 6.07) is 14.9. The fourth-order valence-corrected chi connectivity index (χ4v) is 2.24. The Hall–Kier alpha value is -2.10. The zero-order valence-electron chi connectivity index (χ0n) is 10.9. The van der Waals surface area contributed by atoms with E-state index in [9.17, 15) is 0 Å². The molecule has 0 bridgehead atoms. The fourth-order valence-electron chi connectivity index (χ4n) is 1.94. The number of hydrazone groups is 1. The molecule has 1 aromatic heterocycles. The number of rotatable bonds is 3. The number of anilines is 1. The average molecular weight is 316 g/mol. The van der Waals surface area contributed by atoms with Crippen LogP contribution in [0, 0.1) is 0 Å². The summed E-state index contributed by atoms with van der Waals surface area (Å²) in [7, 11) is 0. The van der Waals surface area contributed by atoms with Crippen molar-refractivity contribution in [1.82, 2.24) is 4.98 Å². The molecule has 104 valence electrons. The van der Waals surface area contributed by atoms with Gasteiger partial charge in [-0.05, 0) is 42.0 Å². The molecule has 2 aromatic carbocycles. The number of hydrogen-bond donors (Lipinski definition) is 1. The summed E-state index contributed by atoms with van der Waals surface area (Å²) in [6.07, 6.45) is 3.46. The second-order valence-corrected chi connectivity index (χ2v) is 5.31. The van der Waals surface area contributed by atoms with Crippen LogP contribution in [-0.2, 0) is 0 Å². The Morgan fingerprint density at radius 3 is 2.52 bits per heavy atom. The van der Waals surface area contributed by atoms with Gasteiger partial charge in [-0.15, -0.1) is 0 Å². The second-order valence-electron chi connectivity index (χ2n) is 4.44. The molecule has 0 spiro atoms. The van der Waals surface area contributed by atoms with E-state index < -0.39 is 0 Å². The molecule has 0 amide bonds. The number of halogens is 2. The van der Waals surface area contributed by atoms with Crippen molar-refractivity contribution in [2.24, 2.45) is 5.10 Å². The predicted octanol–water partition coefficient (Wildman–Crippen LogP) is 4.99. The topological polar surface area (TPSA) is 37.3 Å². The highest BCUT2D eigenvalue weighted by molar-refractivity contribution is 6.31. The van der Waals surface area contributed by atoms with Gasteiger partial charge in [0.25, 0.3) is 0 Å². The summed E-state index contributed by atoms with van der Waals surface area (Å²) in [5.74, 6) is 0. The highest BCUT2D eigenvalue weighted by Gasteiger charge is 2.01. The van der Waals surface area contributed by atoms with Gasteiger partial charge < -0.3 is 0 Å². The molecule has 0 atom stereocenters. The molecular formula is C16H11Cl2N3. The molecule has 0 saturated heterocycles. The van der Waals surface area contributed by atoms with Crippen LogP contribution in [0.5, 0.6) is 0 Å². The molecule has 3 nitrogen and oxygen atoms in total. The third-order valence-corrected chi connectivity index (χ3v) is 3.46. The summed E-state index contributed by atoms with van der Waals surface area (Å²) in [5, 5.41) is 6.57. The van der Waals surface area contributed by atoms with Gasteiger partial charge in [0, 0.05) is 21.6 Å². The van der Waals surface area contributed by atoms with Crippen LogP contribution in [-0.4, -0.2) is 11.2 Å². The summed E-state index contributed by atoms with van der Waals surface area (Å²) in [5.41, 5.74) is 5.69. The number of fused-ring (bicyclic) bond motifs is 1. The largest absolute Gasteiger partial charge is 0.278 e. The first-order chi connectivity index (χ1) is 10.2. The Labute approximate surface area is 132 Å². The van der Waals surface area contributed by atoms with E-state index in [1.165, 1.54) is 0 Å². The number of pyridine rings is 1. The molecular weight excluding hydrogens is 305 g/mol. The van der Waals surface area contributed by atoms with Crippen LogP contribution in [0.15, 0.2) is 59.8 Å². The van der Waals surface area contributed by atoms with Gasteiger partial charge in [0.05, 0.1) is 17.4 Å². The minimum absolute atomic E-state index is 0.664. The number of hydrogen-bond acceptors (Lipinski definition) is 3. The standard InChI is InChI=1S/C16H11Cl2N3/c17-12-3-1-11(2-4-12)10-20-21-15-7-8-19-16-9-13(18)5-6-14(15)16/h1-10H,(H,19,21)/b20-10+. The van der Waals surface area contributed by atoms with E-state index in [0.29, 0.717) is 10.0 Å². The summed E-state index contributed by atoms with van der Waals surface area (Å²) >= 11 is 11.8. The van der Waals surface area contributed by atoms with E-state index in [4.69, 9.17) is 23.2 Å². The lowest BCUT2D eigenvalue weighted by Crippen LogP contribution is -1.92. The van der Waals surface area contributed by atoms with Crippen LogP contribution < -0.4 is 5.43 Å². The molecule has 21 heavy (non-hydrogen) atoms. The third kappa shape index (κ3) is 3.32. The summed E-state index contributed by atoms with van der Waals surface area (Å²) in [6.45, 7) is 0. The van der Waals surface area contributed by atoms with Crippen LogP contribution in [0.2, 0.25) is 10.0 Å². The van der Waals surface area contributed by atoms with Crippen molar-refractivity contribution in [1.29, 1.82) is 0 Å². The molecule has 0 aliphatic carbocycles. The van der Waals surface area contributed by atoms with Crippen LogP contribution in [0.4, 0.5) is 5.69 Å². The van der Waals surface area contributed by atoms with Crippen molar-refractivity contribution in [2.75, 3.05) is 5.43 Å². The van der Waals surface area contributed by atoms with Gasteiger partial charge in [-0.2, -0.15) is 5.10 Å². The van der Waals surface area contributed by atoms with Crippen LogP contribution in [0.1, 0.15) is 5.56 Å². The fraction of sp³-hybridized carbons (Fsp3) is 0. The SMILES string of the molecule is Clc1ccc(/C=N/Nc2ccnc3cc(Cl)ccc23)cc1. The molecule has 0 radical (unpaired) electrons. The van der Waals surface area contributed by atoms with Crippen LogP contribution in [0.25, 0.3) is 10.9 Å². The number of benzene rings is 2. The molecule has 3 rings (SSSR count). The molecule has 1 N–H and O–H groups in total. The molecule has 5 heteroatoms. The molecule has 3 aromatic rings. The van der Waals surface area contributed by atoms with Crippen LogP contribution in [0.3, 0.4) is 0 Å². The first-order valence-electron chi connectivity index (χ1n) is 6.31. The van der Waals surface area contributed by atoms with Crippen molar-refractivity contribution < 1.29 is 0 Å². The number of nitrogens with one attached hydrogen (secondary N) is 1. The normalized spacial score (nSPS) is 11.1. The van der Waals surface area contributed by atoms with Gasteiger partial charge in [-0.1, -0.05) is 35.3 Å². The predicted molar refractivity (Wildman–Crippen MR) is 89.4 cm³/mol. The Kier molecular flexibility index (Phi) is 4.04. The van der Waals surface area contributed by atoms with Gasteiger partial charge in [-0.25, -0.2) is 0 Å². The van der Waals surface area contributed by atoms with E-state index in [1.807, 2.05) is 48.5 Å². The lowest BCUT2D eigenvalue weighted by molar-refractivity contribution is 1.33. The molecule has 0 aliphatic rings. The maximum absolute atomic E-state index is 5.97. The first-order valence-corrected chi connectivity index (χ1v) is 7.07. The Bertz CT molecular complexity index is 798. The summed E-state index contributed by atoms with van der Waals surface area (Å²) < 4.78 is 0.